The summed E-state index contributed by atoms with van der Waals surface area (Å²) >= 11 is 3.20. The van der Waals surface area contributed by atoms with Crippen LogP contribution in [0.2, 0.25) is 0 Å². The van der Waals surface area contributed by atoms with Gasteiger partial charge in [0.2, 0.25) is 10.7 Å². The van der Waals surface area contributed by atoms with Crippen LogP contribution in [0.15, 0.2) is 49.6 Å². The molecule has 10 heterocycles. The van der Waals surface area contributed by atoms with E-state index >= 15 is 26.3 Å². The molecule has 0 aromatic heterocycles. The summed E-state index contributed by atoms with van der Waals surface area (Å²) in [5.41, 5.74) is 6.93. The molecule has 0 spiro atoms. The maximum absolute atomic E-state index is 16.5. The summed E-state index contributed by atoms with van der Waals surface area (Å²) in [6.07, 6.45) is 15.9. The molecule has 10 aliphatic rings. The number of aromatic carboxylic acids is 1. The number of aryl methyl sites for hydroxylation is 4. The SMILES string of the molecule is C.C=CC(=O)OCCCBr.C=CC(=O)OCCCOC(=O)c1c(F)c(F)c(F)c(F)c1C1=c2cc3c4c(c2Oc2c1cc1c5c2CCCN5CCC1)CCC[N+]=4CCC3.O=C([O-])c1c(F)c(F)c(F)c(F)c1C1=c2cc3c4c(c2Oc2c1cc1c5c2CCCN5CCC1)CCC[N+]=4CCC3.O=CO[O-].[2H]CF.[H-].[K+].[K+]. The van der Waals surface area contributed by atoms with Crippen molar-refractivity contribution in [1.82, 2.24) is 9.15 Å². The number of anilines is 2. The summed E-state index contributed by atoms with van der Waals surface area (Å²) in [5, 5.41) is 24.5. The Hall–Kier alpha value is -6.23. The average Bonchev–Trinajstić information content (AvgIpc) is 0.708. The van der Waals surface area contributed by atoms with Crippen molar-refractivity contribution in [3.8, 4) is 23.0 Å². The zero-order valence-corrected chi connectivity index (χ0v) is 67.1. The van der Waals surface area contributed by atoms with Gasteiger partial charge in [-0.3, -0.25) is 9.18 Å². The van der Waals surface area contributed by atoms with Crippen molar-refractivity contribution in [1.29, 1.82) is 0 Å². The molecule has 0 amide bonds. The Morgan fingerprint density at radius 2 is 0.907 bits per heavy atom. The third kappa shape index (κ3) is 16.4. The molecule has 0 radical (unpaired) electrons. The maximum Gasteiger partial charge on any atom is 1.00 e. The third-order valence-electron chi connectivity index (χ3n) is 20.5. The van der Waals surface area contributed by atoms with E-state index in [2.05, 4.69) is 57.7 Å². The van der Waals surface area contributed by atoms with Gasteiger partial charge in [-0.1, -0.05) is 36.5 Å². The molecule has 0 fully saturated rings. The average molecular weight is 1620 g/mol. The molecule has 0 atom stereocenters. The van der Waals surface area contributed by atoms with Crippen molar-refractivity contribution in [2.45, 2.75) is 123 Å². The molecule has 17 nitrogen and oxygen atoms in total. The summed E-state index contributed by atoms with van der Waals surface area (Å²) in [7, 11) is -1.00. The molecular weight excluding hydrogens is 1540 g/mol. The van der Waals surface area contributed by atoms with Gasteiger partial charge in [0.25, 0.3) is 6.47 Å². The predicted octanol–water partition coefficient (Wildman–Crippen LogP) is 3.27. The molecule has 0 aliphatic carbocycles. The van der Waals surface area contributed by atoms with Gasteiger partial charge in [0.1, 0.15) is 54.7 Å². The van der Waals surface area contributed by atoms with Crippen LogP contribution in [0.25, 0.3) is 11.1 Å². The van der Waals surface area contributed by atoms with Crippen molar-refractivity contribution in [2.75, 3.05) is 94.5 Å². The molecule has 10 aliphatic heterocycles. The molecule has 0 saturated carbocycles. The number of carbonyl (C=O) groups excluding carboxylic acids is 5. The largest absolute Gasteiger partial charge is 1.00 e. The molecular formula is C79H79BrF9K2N4O13+. The van der Waals surface area contributed by atoms with E-state index in [4.69, 9.17) is 30.4 Å². The van der Waals surface area contributed by atoms with Crippen LogP contribution in [0, 0.1) is 46.5 Å². The molecule has 0 unspecified atom stereocenters. The number of carbonyl (C=O) groups is 5. The first-order valence-electron chi connectivity index (χ1n) is 35.7. The number of alkyl halides is 2. The van der Waals surface area contributed by atoms with Crippen LogP contribution < -0.4 is 163 Å². The fourth-order valence-corrected chi connectivity index (χ4v) is 16.7. The van der Waals surface area contributed by atoms with Gasteiger partial charge in [-0.05, 0) is 119 Å². The van der Waals surface area contributed by atoms with Crippen LogP contribution in [-0.4, -0.2) is 115 Å². The molecule has 0 bridgehead atoms. The second kappa shape index (κ2) is 37.9. The molecule has 108 heavy (non-hydrogen) atoms. The number of rotatable bonds is 14. The summed E-state index contributed by atoms with van der Waals surface area (Å²) in [6.45, 7) is 13.5. The molecule has 29 heteroatoms. The van der Waals surface area contributed by atoms with Crippen molar-refractivity contribution in [2.24, 2.45) is 0 Å². The Morgan fingerprint density at radius 3 is 1.31 bits per heavy atom. The first kappa shape index (κ1) is 84.2. The van der Waals surface area contributed by atoms with Crippen LogP contribution >= 0.6 is 15.9 Å². The van der Waals surface area contributed by atoms with Crippen molar-refractivity contribution < 1.29 is 208 Å². The second-order valence-electron chi connectivity index (χ2n) is 26.5. The smallest absolute Gasteiger partial charge is 1.00 e. The van der Waals surface area contributed by atoms with E-state index in [1.807, 2.05) is 24.3 Å². The van der Waals surface area contributed by atoms with Gasteiger partial charge in [0.15, 0.2) is 46.5 Å². The number of fused-ring (bicyclic) bond motifs is 8. The number of hydrogen-bond acceptors (Lipinski definition) is 15. The van der Waals surface area contributed by atoms with Crippen LogP contribution in [0.5, 0.6) is 23.0 Å². The number of carboxylic acids is 1. The number of hydrogen-bond donors (Lipinski definition) is 0. The zero-order valence-electron chi connectivity index (χ0n) is 61.3. The fourth-order valence-electron chi connectivity index (χ4n) is 16.5. The van der Waals surface area contributed by atoms with E-state index in [0.29, 0.717) is 76.9 Å². The van der Waals surface area contributed by atoms with Crippen LogP contribution in [0.4, 0.5) is 50.9 Å². The van der Waals surface area contributed by atoms with E-state index in [0.717, 1.165) is 220 Å². The number of esters is 3. The summed E-state index contributed by atoms with van der Waals surface area (Å²) in [5.74, 6) is -18.2. The Bertz CT molecular complexity index is 4930. The van der Waals surface area contributed by atoms with E-state index in [1.165, 1.54) is 0 Å². The van der Waals surface area contributed by atoms with Gasteiger partial charge in [-0.25, -0.2) is 58.7 Å². The normalized spacial score (nSPS) is 15.7. The minimum Gasteiger partial charge on any atom is -1.00 e. The van der Waals surface area contributed by atoms with Gasteiger partial charge in [0.05, 0.1) is 45.4 Å². The maximum atomic E-state index is 16.5. The quantitative estimate of drug-likeness (QED) is 0.0123. The molecule has 6 aromatic rings. The Labute approximate surface area is 713 Å². The Kier molecular flexibility index (Phi) is 29.5. The molecule has 6 aromatic carbocycles. The van der Waals surface area contributed by atoms with Crippen LogP contribution in [-0.2, 0) is 84.8 Å². The zero-order chi connectivity index (χ0) is 75.4. The summed E-state index contributed by atoms with van der Waals surface area (Å²) < 4.78 is 172. The van der Waals surface area contributed by atoms with Crippen LogP contribution in [0.1, 0.15) is 162 Å². The Balaban J connectivity index is 0.000000226. The fraction of sp³-hybridized carbons (Fsp3) is 0.405. The topological polar surface area (TPSA) is 199 Å². The Morgan fingerprint density at radius 1 is 0.546 bits per heavy atom. The minimum atomic E-state index is -2.18. The first-order chi connectivity index (χ1) is 51.3. The van der Waals surface area contributed by atoms with Crippen molar-refractivity contribution in [3.05, 3.63) is 195 Å². The van der Waals surface area contributed by atoms with Crippen molar-refractivity contribution in [3.63, 3.8) is 0 Å². The summed E-state index contributed by atoms with van der Waals surface area (Å²) in [4.78, 5) is 63.5. The van der Waals surface area contributed by atoms with E-state index in [9.17, 15) is 37.5 Å². The number of halogens is 10. The van der Waals surface area contributed by atoms with Crippen LogP contribution in [0.3, 0.4) is 0 Å². The molecule has 0 saturated heterocycles. The van der Waals surface area contributed by atoms with Gasteiger partial charge < -0.3 is 55.0 Å². The van der Waals surface area contributed by atoms with E-state index in [1.54, 1.807) is 0 Å². The van der Waals surface area contributed by atoms with E-state index < -0.39 is 93.9 Å². The standard InChI is InChI=1S/C38H35F4N2O5.C32H26F4N2O3.C6H9BrO2.CH3F.CH2O3.CH4.2K.H/c1-2-26(45)47-16-7-17-48-38(46)29-28(30(39)32(41)33(42)31(29)40)27-24-18-20-8-3-12-43-14-5-10-22(34(20)43)36(24)49-37-23-11-6-15-44-13-4-9-21(35(23)44)19-25(27)37;33-24-22(23(32(39)40)25(34)27(36)26(24)35)21-19-13-15-5-1-9-37-11-3-7-17(28(15)37)30(19)41-31-18-8-4-12-38-10-2-6-16(29(18)38)14-20(21)31;1-2-6(8)9-5-3-4-7;1-2;2-1-4-3;;;;/h2,18-19H,1,3-17H2;13-14H,1-12H2;2H,1,3-5H2;1H3;1,3H;1H4;;;/q+1;;;;;;2*+1;-1/p-1/i;;;1D;;;;;. The minimum absolute atomic E-state index is 0. The van der Waals surface area contributed by atoms with Gasteiger partial charge in [-0.2, -0.15) is 0 Å². The first-order valence-corrected chi connectivity index (χ1v) is 36.1. The number of nitrogens with zero attached hydrogens (tertiary/aromatic N) is 4. The summed E-state index contributed by atoms with van der Waals surface area (Å²) in [6, 6.07) is 7.48. The number of benzene rings is 6. The molecule has 564 valence electrons. The third-order valence-corrected chi connectivity index (χ3v) is 21.0. The van der Waals surface area contributed by atoms with Crippen molar-refractivity contribution >= 4 is 68.8 Å². The molecule has 16 rings (SSSR count). The number of carboxylic acid groups (broad SMARTS) is 1. The predicted molar refractivity (Wildman–Crippen MR) is 375 cm³/mol. The van der Waals surface area contributed by atoms with Gasteiger partial charge in [0, 0.05) is 159 Å². The van der Waals surface area contributed by atoms with Gasteiger partial charge in [-0.15, -0.1) is 0 Å². The van der Waals surface area contributed by atoms with E-state index in [-0.39, 0.29) is 155 Å². The number of ether oxygens (including phenoxy) is 5. The second-order valence-corrected chi connectivity index (χ2v) is 27.2. The monoisotopic (exact) mass is 1620 g/mol. The van der Waals surface area contributed by atoms with Gasteiger partial charge >= 0.3 is 121 Å². The molecule has 0 N–H and O–H groups in total.